The lowest BCUT2D eigenvalue weighted by molar-refractivity contribution is 0.0933. The normalized spacial score (nSPS) is 10.0. The van der Waals surface area contributed by atoms with Gasteiger partial charge in [0.25, 0.3) is 5.91 Å². The van der Waals surface area contributed by atoms with Gasteiger partial charge in [0.1, 0.15) is 5.70 Å². The van der Waals surface area contributed by atoms with Crippen molar-refractivity contribution in [2.45, 2.75) is 0 Å². The summed E-state index contributed by atoms with van der Waals surface area (Å²) in [5.41, 5.74) is 1.40. The first-order valence-corrected chi connectivity index (χ1v) is 9.40. The number of hydrogen-bond acceptors (Lipinski definition) is 4. The molecule has 2 aromatic rings. The lowest BCUT2D eigenvalue weighted by Crippen LogP contribution is -2.28. The molecule has 0 aromatic heterocycles. The maximum atomic E-state index is 12.8. The number of amides is 1. The second-order valence-electron chi connectivity index (χ2n) is 4.59. The summed E-state index contributed by atoms with van der Waals surface area (Å²) in [5.74, 6) is -0.473. The Labute approximate surface area is 144 Å². The monoisotopic (exact) mass is 343 g/mol. The van der Waals surface area contributed by atoms with Gasteiger partial charge in [-0.05, 0) is 24.6 Å². The van der Waals surface area contributed by atoms with Gasteiger partial charge in [-0.25, -0.2) is 0 Å². The fraction of sp³-hybridized carbons (Fsp3) is 0.111. The van der Waals surface area contributed by atoms with E-state index in [1.165, 1.54) is 23.5 Å². The molecule has 0 aliphatic heterocycles. The number of benzene rings is 2. The number of allylic oxidation sites excluding steroid dienone is 1. The van der Waals surface area contributed by atoms with E-state index < -0.39 is 0 Å². The summed E-state index contributed by atoms with van der Waals surface area (Å²) in [7, 11) is 0. The highest BCUT2D eigenvalue weighted by atomic mass is 32.2. The molecule has 23 heavy (non-hydrogen) atoms. The number of carbonyl (C=O) groups is 2. The van der Waals surface area contributed by atoms with Crippen molar-refractivity contribution in [3.8, 4) is 0 Å². The Morgan fingerprint density at radius 3 is 1.74 bits per heavy atom. The Kier molecular flexibility index (Phi) is 6.50. The van der Waals surface area contributed by atoms with Gasteiger partial charge in [-0.1, -0.05) is 48.5 Å². The van der Waals surface area contributed by atoms with Gasteiger partial charge in [0.2, 0.25) is 5.78 Å². The Balaban J connectivity index is 2.35. The molecule has 1 N–H and O–H groups in total. The number of hydrogen-bond donors (Lipinski definition) is 1. The van der Waals surface area contributed by atoms with E-state index in [1.54, 1.807) is 36.4 Å². The summed E-state index contributed by atoms with van der Waals surface area (Å²) in [6.45, 7) is 0. The Hall–Kier alpha value is -1.98. The van der Waals surface area contributed by atoms with Gasteiger partial charge in [0, 0.05) is 11.1 Å². The summed E-state index contributed by atoms with van der Waals surface area (Å²) in [5, 5.41) is 2.78. The van der Waals surface area contributed by atoms with Gasteiger partial charge >= 0.3 is 0 Å². The van der Waals surface area contributed by atoms with E-state index in [-0.39, 0.29) is 11.7 Å². The molecule has 0 saturated carbocycles. The minimum atomic E-state index is -0.287. The second-order valence-corrected chi connectivity index (χ2v) is 6.48. The van der Waals surface area contributed by atoms with Crippen LogP contribution in [-0.4, -0.2) is 24.2 Å². The molecule has 0 aliphatic carbocycles. The fourth-order valence-corrected chi connectivity index (χ4v) is 3.36. The highest BCUT2D eigenvalue weighted by Crippen LogP contribution is 2.28. The molecule has 1 amide bonds. The van der Waals surface area contributed by atoms with Gasteiger partial charge in [0.05, 0.1) is 4.24 Å². The smallest absolute Gasteiger partial charge is 0.255 e. The van der Waals surface area contributed by atoms with Crippen molar-refractivity contribution in [3.05, 3.63) is 81.7 Å². The summed E-state index contributed by atoms with van der Waals surface area (Å²) in [6.07, 6.45) is 3.78. The van der Waals surface area contributed by atoms with Gasteiger partial charge in [-0.2, -0.15) is 0 Å². The van der Waals surface area contributed by atoms with Crippen LogP contribution in [0.3, 0.4) is 0 Å². The van der Waals surface area contributed by atoms with Crippen molar-refractivity contribution in [2.24, 2.45) is 0 Å². The van der Waals surface area contributed by atoms with Gasteiger partial charge in [-0.3, -0.25) is 9.59 Å². The molecule has 0 heterocycles. The van der Waals surface area contributed by atoms with E-state index in [9.17, 15) is 9.59 Å². The van der Waals surface area contributed by atoms with E-state index in [0.717, 1.165) is 4.24 Å². The number of nitrogens with one attached hydrogen (secondary N) is 1. The SMILES string of the molecule is CSC(SC)=C(NC(=O)c1ccccc1)C(=O)c1ccccc1. The Morgan fingerprint density at radius 2 is 1.26 bits per heavy atom. The van der Waals surface area contributed by atoms with Gasteiger partial charge < -0.3 is 5.32 Å². The van der Waals surface area contributed by atoms with Crippen LogP contribution >= 0.6 is 23.5 Å². The van der Waals surface area contributed by atoms with Crippen LogP contribution in [0.25, 0.3) is 0 Å². The van der Waals surface area contributed by atoms with Crippen molar-refractivity contribution in [1.82, 2.24) is 5.32 Å². The second kappa shape index (κ2) is 8.60. The van der Waals surface area contributed by atoms with E-state index in [0.29, 0.717) is 16.8 Å². The molecule has 3 nitrogen and oxygen atoms in total. The van der Waals surface area contributed by atoms with E-state index in [2.05, 4.69) is 5.32 Å². The summed E-state index contributed by atoms with van der Waals surface area (Å²) >= 11 is 2.89. The molecule has 0 fully saturated rings. The maximum Gasteiger partial charge on any atom is 0.255 e. The van der Waals surface area contributed by atoms with Gasteiger partial charge in [0.15, 0.2) is 0 Å². The topological polar surface area (TPSA) is 46.2 Å². The molecule has 0 aliphatic rings. The predicted octanol–water partition coefficient (Wildman–Crippen LogP) is 4.19. The molecule has 2 rings (SSSR count). The van der Waals surface area contributed by atoms with Crippen LogP contribution in [0.2, 0.25) is 0 Å². The molecular formula is C18H17NO2S2. The quantitative estimate of drug-likeness (QED) is 0.631. The first-order valence-electron chi connectivity index (χ1n) is 6.95. The van der Waals surface area contributed by atoms with E-state index in [1.807, 2.05) is 36.8 Å². The minimum absolute atomic E-state index is 0.186. The number of thioether (sulfide) groups is 2. The van der Waals surface area contributed by atoms with Crippen LogP contribution in [0.4, 0.5) is 0 Å². The highest BCUT2D eigenvalue weighted by molar-refractivity contribution is 8.21. The molecule has 118 valence electrons. The van der Waals surface area contributed by atoms with Crippen molar-refractivity contribution < 1.29 is 9.59 Å². The van der Waals surface area contributed by atoms with Crippen molar-refractivity contribution >= 4 is 35.2 Å². The molecule has 5 heteroatoms. The minimum Gasteiger partial charge on any atom is -0.317 e. The average Bonchev–Trinajstić information content (AvgIpc) is 2.62. The first kappa shape index (κ1) is 17.4. The van der Waals surface area contributed by atoms with E-state index in [4.69, 9.17) is 0 Å². The molecule has 0 radical (unpaired) electrons. The van der Waals surface area contributed by atoms with Crippen molar-refractivity contribution in [3.63, 3.8) is 0 Å². The molecule has 0 bridgehead atoms. The van der Waals surface area contributed by atoms with Crippen LogP contribution in [0, 0.1) is 0 Å². The summed E-state index contributed by atoms with van der Waals surface area (Å²) in [4.78, 5) is 25.2. The third kappa shape index (κ3) is 4.50. The van der Waals surface area contributed by atoms with Crippen molar-refractivity contribution in [2.75, 3.05) is 12.5 Å². The lowest BCUT2D eigenvalue weighted by Gasteiger charge is -2.13. The fourth-order valence-electron chi connectivity index (χ4n) is 2.00. The first-order chi connectivity index (χ1) is 11.2. The largest absolute Gasteiger partial charge is 0.317 e. The molecule has 0 saturated heterocycles. The molecule has 0 atom stereocenters. The highest BCUT2D eigenvalue weighted by Gasteiger charge is 2.20. The maximum absolute atomic E-state index is 12.8. The third-order valence-electron chi connectivity index (χ3n) is 3.11. The summed E-state index contributed by atoms with van der Waals surface area (Å²) < 4.78 is 0.781. The van der Waals surface area contributed by atoms with Crippen LogP contribution in [0.1, 0.15) is 20.7 Å². The van der Waals surface area contributed by atoms with Crippen LogP contribution in [0.15, 0.2) is 70.6 Å². The number of rotatable bonds is 6. The number of ketones is 1. The molecule has 0 spiro atoms. The zero-order chi connectivity index (χ0) is 16.7. The summed E-state index contributed by atoms with van der Waals surface area (Å²) in [6, 6.07) is 17.8. The van der Waals surface area contributed by atoms with Gasteiger partial charge in [-0.15, -0.1) is 23.5 Å². The lowest BCUT2D eigenvalue weighted by atomic mass is 10.1. The third-order valence-corrected chi connectivity index (χ3v) is 5.26. The van der Waals surface area contributed by atoms with Crippen LogP contribution in [0.5, 0.6) is 0 Å². The van der Waals surface area contributed by atoms with Crippen LogP contribution < -0.4 is 5.32 Å². The Morgan fingerprint density at radius 1 is 0.783 bits per heavy atom. The number of carbonyl (C=O) groups excluding carboxylic acids is 2. The predicted molar refractivity (Wildman–Crippen MR) is 98.7 cm³/mol. The Bertz CT molecular complexity index is 706. The zero-order valence-corrected chi connectivity index (χ0v) is 14.5. The van der Waals surface area contributed by atoms with E-state index >= 15 is 0 Å². The van der Waals surface area contributed by atoms with Crippen molar-refractivity contribution in [1.29, 1.82) is 0 Å². The standard InChI is InChI=1S/C18H17NO2S2/c1-22-18(23-2)15(16(20)13-9-5-3-6-10-13)19-17(21)14-11-7-4-8-12-14/h3-12H,1-2H3,(H,19,21). The van der Waals surface area contributed by atoms with Crippen LogP contribution in [-0.2, 0) is 0 Å². The molecule has 2 aromatic carbocycles. The average molecular weight is 343 g/mol. The number of Topliss-reactive ketones (excluding diaryl/α,β-unsaturated/α-hetero) is 1. The zero-order valence-electron chi connectivity index (χ0n) is 12.9. The molecular weight excluding hydrogens is 326 g/mol. The molecule has 0 unspecified atom stereocenters.